The average Bonchev–Trinajstić information content (AvgIpc) is 2.83. The zero-order chi connectivity index (χ0) is 14.9. The summed E-state index contributed by atoms with van der Waals surface area (Å²) in [7, 11) is -3.70. The van der Waals surface area contributed by atoms with Crippen molar-refractivity contribution in [1.82, 2.24) is 0 Å². The lowest BCUT2D eigenvalue weighted by Gasteiger charge is -2.08. The van der Waals surface area contributed by atoms with Gasteiger partial charge >= 0.3 is 5.97 Å². The van der Waals surface area contributed by atoms with E-state index in [1.165, 1.54) is 18.3 Å². The Kier molecular flexibility index (Phi) is 3.92. The number of benzene rings is 1. The van der Waals surface area contributed by atoms with Crippen LogP contribution in [0, 0.1) is 12.7 Å². The molecule has 1 heterocycles. The van der Waals surface area contributed by atoms with Gasteiger partial charge in [-0.3, -0.25) is 0 Å². The average molecular weight is 314 g/mol. The molecule has 0 radical (unpaired) electrons. The predicted molar refractivity (Wildman–Crippen MR) is 73.3 cm³/mol. The van der Waals surface area contributed by atoms with Crippen LogP contribution in [0.2, 0.25) is 0 Å². The molecular weight excluding hydrogens is 303 g/mol. The van der Waals surface area contributed by atoms with Crippen LogP contribution in [0.25, 0.3) is 0 Å². The summed E-state index contributed by atoms with van der Waals surface area (Å²) >= 11 is 1.37. The van der Waals surface area contributed by atoms with Crippen molar-refractivity contribution < 1.29 is 22.7 Å². The normalized spacial score (nSPS) is 11.5. The second-order valence-electron chi connectivity index (χ2n) is 4.30. The van der Waals surface area contributed by atoms with Crippen molar-refractivity contribution in [2.45, 2.75) is 17.6 Å². The van der Waals surface area contributed by atoms with Crippen LogP contribution in [0.15, 0.2) is 33.9 Å². The number of hydrogen-bond acceptors (Lipinski definition) is 4. The molecule has 2 rings (SSSR count). The summed E-state index contributed by atoms with van der Waals surface area (Å²) in [6.45, 7) is 1.34. The lowest BCUT2D eigenvalue weighted by atomic mass is 10.1. The molecule has 0 aliphatic rings. The molecule has 0 aliphatic heterocycles. The Hall–Kier alpha value is -1.73. The van der Waals surface area contributed by atoms with E-state index in [0.29, 0.717) is 5.56 Å². The van der Waals surface area contributed by atoms with Crippen LogP contribution in [0.5, 0.6) is 0 Å². The van der Waals surface area contributed by atoms with Gasteiger partial charge in [0.25, 0.3) is 0 Å². The molecule has 1 aromatic heterocycles. The third-order valence-corrected chi connectivity index (χ3v) is 5.15. The molecule has 2 aromatic rings. The third kappa shape index (κ3) is 2.88. The van der Waals surface area contributed by atoms with Gasteiger partial charge in [-0.15, -0.1) is 0 Å². The summed E-state index contributed by atoms with van der Waals surface area (Å²) in [6.07, 6.45) is 0. The first-order valence-corrected chi connectivity index (χ1v) is 8.18. The molecule has 0 fully saturated rings. The van der Waals surface area contributed by atoms with Crippen molar-refractivity contribution in [3.8, 4) is 0 Å². The lowest BCUT2D eigenvalue weighted by molar-refractivity contribution is 0.0691. The molecule has 0 unspecified atom stereocenters. The maximum atomic E-state index is 13.6. The summed E-state index contributed by atoms with van der Waals surface area (Å²) < 4.78 is 38.1. The van der Waals surface area contributed by atoms with Crippen LogP contribution in [0.4, 0.5) is 4.39 Å². The monoisotopic (exact) mass is 314 g/mol. The molecule has 4 nitrogen and oxygen atoms in total. The Labute approximate surface area is 119 Å². The van der Waals surface area contributed by atoms with E-state index in [-0.39, 0.29) is 16.2 Å². The minimum Gasteiger partial charge on any atom is -0.478 e. The molecule has 106 valence electrons. The number of hydrogen-bond donors (Lipinski definition) is 1. The number of thiophene rings is 1. The Morgan fingerprint density at radius 3 is 2.65 bits per heavy atom. The van der Waals surface area contributed by atoms with Crippen molar-refractivity contribution in [1.29, 1.82) is 0 Å². The third-order valence-electron chi connectivity index (χ3n) is 2.75. The number of carbonyl (C=O) groups is 1. The minimum atomic E-state index is -3.70. The highest BCUT2D eigenvalue weighted by Crippen LogP contribution is 2.23. The van der Waals surface area contributed by atoms with E-state index in [1.807, 2.05) is 0 Å². The topological polar surface area (TPSA) is 71.4 Å². The number of aryl methyl sites for hydroxylation is 1. The molecule has 0 saturated carbocycles. The molecule has 0 bridgehead atoms. The maximum absolute atomic E-state index is 13.6. The van der Waals surface area contributed by atoms with Crippen LogP contribution in [0.3, 0.4) is 0 Å². The Morgan fingerprint density at radius 2 is 2.10 bits per heavy atom. The fourth-order valence-electron chi connectivity index (χ4n) is 1.75. The number of rotatable bonds is 4. The summed E-state index contributed by atoms with van der Waals surface area (Å²) in [5.74, 6) is -2.63. The van der Waals surface area contributed by atoms with Crippen LogP contribution in [-0.2, 0) is 15.6 Å². The van der Waals surface area contributed by atoms with Crippen molar-refractivity contribution in [2.75, 3.05) is 0 Å². The quantitative estimate of drug-likeness (QED) is 0.881. The summed E-state index contributed by atoms with van der Waals surface area (Å²) in [5, 5.41) is 12.4. The molecule has 1 aromatic carbocycles. The van der Waals surface area contributed by atoms with E-state index in [1.54, 1.807) is 16.8 Å². The second-order valence-corrected chi connectivity index (χ2v) is 7.07. The first kappa shape index (κ1) is 14.7. The van der Waals surface area contributed by atoms with Gasteiger partial charge in [0.2, 0.25) is 0 Å². The van der Waals surface area contributed by atoms with Crippen molar-refractivity contribution in [3.63, 3.8) is 0 Å². The van der Waals surface area contributed by atoms with Gasteiger partial charge < -0.3 is 5.11 Å². The number of halogens is 1. The smallest absolute Gasteiger partial charge is 0.338 e. The number of aromatic carboxylic acids is 1. The van der Waals surface area contributed by atoms with Crippen molar-refractivity contribution >= 4 is 27.1 Å². The first-order chi connectivity index (χ1) is 9.31. The van der Waals surface area contributed by atoms with Crippen LogP contribution < -0.4 is 0 Å². The van der Waals surface area contributed by atoms with Gasteiger partial charge in [-0.05, 0) is 47.0 Å². The Balaban J connectivity index is 2.49. The van der Waals surface area contributed by atoms with E-state index >= 15 is 0 Å². The largest absolute Gasteiger partial charge is 0.478 e. The van der Waals surface area contributed by atoms with Crippen LogP contribution >= 0.6 is 11.3 Å². The molecule has 0 atom stereocenters. The van der Waals surface area contributed by atoms with Gasteiger partial charge in [-0.1, -0.05) is 0 Å². The van der Waals surface area contributed by atoms with E-state index < -0.39 is 27.2 Å². The second kappa shape index (κ2) is 5.34. The van der Waals surface area contributed by atoms with E-state index in [4.69, 9.17) is 5.11 Å². The van der Waals surface area contributed by atoms with Crippen LogP contribution in [-0.4, -0.2) is 19.5 Å². The lowest BCUT2D eigenvalue weighted by Crippen LogP contribution is -2.09. The minimum absolute atomic E-state index is 0.00575. The predicted octanol–water partition coefficient (Wildman–Crippen LogP) is 2.87. The fraction of sp³-hybridized carbons (Fsp3) is 0.154. The van der Waals surface area contributed by atoms with Gasteiger partial charge in [-0.25, -0.2) is 17.6 Å². The van der Waals surface area contributed by atoms with Crippen molar-refractivity contribution in [3.05, 3.63) is 51.5 Å². The van der Waals surface area contributed by atoms with E-state index in [0.717, 1.165) is 12.1 Å². The molecule has 7 heteroatoms. The maximum Gasteiger partial charge on any atom is 0.338 e. The standard InChI is InChI=1S/C13H11FO4S2/c1-8-4-10(5-11(12(8)14)13(15)16)20(17,18)7-9-2-3-19-6-9/h2-6H,7H2,1H3,(H,15,16). The zero-order valence-corrected chi connectivity index (χ0v) is 12.1. The SMILES string of the molecule is Cc1cc(S(=O)(=O)Cc2ccsc2)cc(C(=O)O)c1F. The number of sulfone groups is 1. The van der Waals surface area contributed by atoms with E-state index in [2.05, 4.69) is 0 Å². The summed E-state index contributed by atoms with van der Waals surface area (Å²) in [5.41, 5.74) is -0.0171. The van der Waals surface area contributed by atoms with Gasteiger partial charge in [0.05, 0.1) is 16.2 Å². The Morgan fingerprint density at radius 1 is 1.40 bits per heavy atom. The summed E-state index contributed by atoms with van der Waals surface area (Å²) in [6, 6.07) is 3.70. The highest BCUT2D eigenvalue weighted by Gasteiger charge is 2.21. The van der Waals surface area contributed by atoms with Crippen LogP contribution in [0.1, 0.15) is 21.5 Å². The molecule has 0 aliphatic carbocycles. The molecule has 1 N–H and O–H groups in total. The van der Waals surface area contributed by atoms with Crippen molar-refractivity contribution in [2.24, 2.45) is 0 Å². The van der Waals surface area contributed by atoms with Gasteiger partial charge in [0, 0.05) is 0 Å². The summed E-state index contributed by atoms with van der Waals surface area (Å²) in [4.78, 5) is 10.8. The molecule has 0 amide bonds. The fourth-order valence-corrected chi connectivity index (χ4v) is 3.96. The highest BCUT2D eigenvalue weighted by atomic mass is 32.2. The Bertz CT molecular complexity index is 749. The van der Waals surface area contributed by atoms with Gasteiger partial charge in [0.15, 0.2) is 9.84 Å². The number of carboxylic acid groups (broad SMARTS) is 1. The molecular formula is C13H11FO4S2. The molecule has 0 saturated heterocycles. The first-order valence-electron chi connectivity index (χ1n) is 5.58. The zero-order valence-electron chi connectivity index (χ0n) is 10.5. The van der Waals surface area contributed by atoms with Gasteiger partial charge in [-0.2, -0.15) is 11.3 Å². The molecule has 20 heavy (non-hydrogen) atoms. The molecule has 0 spiro atoms. The van der Waals surface area contributed by atoms with E-state index in [9.17, 15) is 17.6 Å². The highest BCUT2D eigenvalue weighted by molar-refractivity contribution is 7.90. The number of carboxylic acids is 1. The van der Waals surface area contributed by atoms with Gasteiger partial charge in [0.1, 0.15) is 5.82 Å².